The molecule has 0 saturated heterocycles. The van der Waals surface area contributed by atoms with E-state index in [0.717, 1.165) is 24.4 Å². The average Bonchev–Trinajstić information content (AvgIpc) is 2.30. The molecule has 58 valence electrons. The SMILES string of the molecule is Cc1oc2c(c1C)CCC=C2. The molecular weight excluding hydrogens is 136 g/mol. The van der Waals surface area contributed by atoms with Gasteiger partial charge in [0.05, 0.1) is 0 Å². The molecule has 1 aliphatic rings. The van der Waals surface area contributed by atoms with Crippen LogP contribution in [0.5, 0.6) is 0 Å². The second-order valence-corrected chi connectivity index (χ2v) is 3.07. The van der Waals surface area contributed by atoms with Gasteiger partial charge in [-0.2, -0.15) is 0 Å². The van der Waals surface area contributed by atoms with Gasteiger partial charge in [-0.1, -0.05) is 6.08 Å². The highest BCUT2D eigenvalue weighted by Crippen LogP contribution is 2.27. The number of allylic oxidation sites excluding steroid dienone is 1. The quantitative estimate of drug-likeness (QED) is 0.551. The topological polar surface area (TPSA) is 13.1 Å². The van der Waals surface area contributed by atoms with E-state index in [-0.39, 0.29) is 0 Å². The molecule has 0 bridgehead atoms. The van der Waals surface area contributed by atoms with Gasteiger partial charge in [0, 0.05) is 5.56 Å². The molecule has 1 nitrogen and oxygen atoms in total. The van der Waals surface area contributed by atoms with Gasteiger partial charge in [-0.15, -0.1) is 0 Å². The second kappa shape index (κ2) is 2.26. The predicted molar refractivity (Wildman–Crippen MR) is 45.5 cm³/mol. The van der Waals surface area contributed by atoms with Crippen LogP contribution >= 0.6 is 0 Å². The smallest absolute Gasteiger partial charge is 0.130 e. The molecule has 0 spiro atoms. The minimum atomic E-state index is 1.07. The van der Waals surface area contributed by atoms with E-state index in [1.54, 1.807) is 0 Å². The van der Waals surface area contributed by atoms with Crippen molar-refractivity contribution in [1.82, 2.24) is 0 Å². The summed E-state index contributed by atoms with van der Waals surface area (Å²) < 4.78 is 5.55. The Morgan fingerprint density at radius 3 is 2.91 bits per heavy atom. The molecule has 0 N–H and O–H groups in total. The van der Waals surface area contributed by atoms with Crippen molar-refractivity contribution in [2.75, 3.05) is 0 Å². The third-order valence-corrected chi connectivity index (χ3v) is 2.37. The van der Waals surface area contributed by atoms with Crippen LogP contribution in [-0.4, -0.2) is 0 Å². The average molecular weight is 148 g/mol. The molecule has 0 aliphatic heterocycles. The zero-order valence-corrected chi connectivity index (χ0v) is 6.98. The Morgan fingerprint density at radius 1 is 1.36 bits per heavy atom. The van der Waals surface area contributed by atoms with Crippen molar-refractivity contribution in [3.63, 3.8) is 0 Å². The summed E-state index contributed by atoms with van der Waals surface area (Å²) in [4.78, 5) is 0. The van der Waals surface area contributed by atoms with E-state index in [2.05, 4.69) is 19.1 Å². The Bertz CT molecular complexity index is 305. The van der Waals surface area contributed by atoms with Crippen molar-refractivity contribution in [3.05, 3.63) is 28.7 Å². The van der Waals surface area contributed by atoms with Gasteiger partial charge in [-0.3, -0.25) is 0 Å². The maximum Gasteiger partial charge on any atom is 0.130 e. The Balaban J connectivity index is 2.61. The van der Waals surface area contributed by atoms with E-state index in [1.807, 2.05) is 6.92 Å². The molecule has 1 aromatic heterocycles. The molecule has 1 aliphatic carbocycles. The molecule has 0 radical (unpaired) electrons. The van der Waals surface area contributed by atoms with E-state index in [0.29, 0.717) is 0 Å². The van der Waals surface area contributed by atoms with E-state index in [4.69, 9.17) is 4.42 Å². The number of aryl methyl sites for hydroxylation is 1. The summed E-state index contributed by atoms with van der Waals surface area (Å²) in [6.07, 6.45) is 6.56. The maximum absolute atomic E-state index is 5.55. The molecule has 1 aromatic rings. The summed E-state index contributed by atoms with van der Waals surface area (Å²) in [6.45, 7) is 4.16. The summed E-state index contributed by atoms with van der Waals surface area (Å²) in [6, 6.07) is 0. The van der Waals surface area contributed by atoms with Crippen molar-refractivity contribution in [2.45, 2.75) is 26.7 Å². The third-order valence-electron chi connectivity index (χ3n) is 2.37. The lowest BCUT2D eigenvalue weighted by Crippen LogP contribution is -1.90. The van der Waals surface area contributed by atoms with Gasteiger partial charge in [0.2, 0.25) is 0 Å². The van der Waals surface area contributed by atoms with E-state index in [1.165, 1.54) is 11.1 Å². The maximum atomic E-state index is 5.55. The standard InChI is InChI=1S/C10H12O/c1-7-8(2)11-10-6-4-3-5-9(7)10/h4,6H,3,5H2,1-2H3. The molecule has 2 rings (SSSR count). The van der Waals surface area contributed by atoms with Crippen LogP contribution in [0.15, 0.2) is 10.5 Å². The van der Waals surface area contributed by atoms with Crippen LogP contribution in [0.25, 0.3) is 6.08 Å². The van der Waals surface area contributed by atoms with Gasteiger partial charge in [0.15, 0.2) is 0 Å². The molecule has 0 fully saturated rings. The summed E-state index contributed by atoms with van der Waals surface area (Å²) in [7, 11) is 0. The molecular formula is C10H12O. The molecule has 0 aromatic carbocycles. The van der Waals surface area contributed by atoms with Crippen molar-refractivity contribution >= 4 is 6.08 Å². The van der Waals surface area contributed by atoms with Crippen LogP contribution in [0.1, 0.15) is 29.1 Å². The first kappa shape index (κ1) is 6.71. The number of hydrogen-bond donors (Lipinski definition) is 0. The molecule has 0 amide bonds. The normalized spacial score (nSPS) is 15.1. The predicted octanol–water partition coefficient (Wildman–Crippen LogP) is 2.86. The van der Waals surface area contributed by atoms with Gasteiger partial charge >= 0.3 is 0 Å². The molecule has 0 unspecified atom stereocenters. The molecule has 0 saturated carbocycles. The van der Waals surface area contributed by atoms with Crippen molar-refractivity contribution < 1.29 is 4.42 Å². The van der Waals surface area contributed by atoms with Crippen LogP contribution in [0, 0.1) is 13.8 Å². The fourth-order valence-corrected chi connectivity index (χ4v) is 1.56. The minimum Gasteiger partial charge on any atom is -0.461 e. The molecule has 0 atom stereocenters. The van der Waals surface area contributed by atoms with Gasteiger partial charge in [0.1, 0.15) is 11.5 Å². The largest absolute Gasteiger partial charge is 0.461 e. The lowest BCUT2D eigenvalue weighted by atomic mass is 10.0. The molecule has 1 heterocycles. The highest BCUT2D eigenvalue weighted by Gasteiger charge is 2.13. The van der Waals surface area contributed by atoms with Gasteiger partial charge in [-0.25, -0.2) is 0 Å². The van der Waals surface area contributed by atoms with Gasteiger partial charge in [-0.05, 0) is 38.3 Å². The van der Waals surface area contributed by atoms with E-state index >= 15 is 0 Å². The van der Waals surface area contributed by atoms with E-state index in [9.17, 15) is 0 Å². The zero-order chi connectivity index (χ0) is 7.84. The Kier molecular flexibility index (Phi) is 1.38. The van der Waals surface area contributed by atoms with Crippen molar-refractivity contribution in [2.24, 2.45) is 0 Å². The Morgan fingerprint density at radius 2 is 2.18 bits per heavy atom. The fraction of sp³-hybridized carbons (Fsp3) is 0.400. The summed E-state index contributed by atoms with van der Waals surface area (Å²) in [5.74, 6) is 2.15. The first-order valence-electron chi connectivity index (χ1n) is 4.04. The number of rotatable bonds is 0. The lowest BCUT2D eigenvalue weighted by Gasteiger charge is -2.02. The van der Waals surface area contributed by atoms with Crippen LogP contribution in [-0.2, 0) is 6.42 Å². The van der Waals surface area contributed by atoms with Crippen molar-refractivity contribution in [3.8, 4) is 0 Å². The van der Waals surface area contributed by atoms with Gasteiger partial charge < -0.3 is 4.42 Å². The second-order valence-electron chi connectivity index (χ2n) is 3.07. The third kappa shape index (κ3) is 0.917. The first-order chi connectivity index (χ1) is 5.29. The highest BCUT2D eigenvalue weighted by atomic mass is 16.3. The monoisotopic (exact) mass is 148 g/mol. The van der Waals surface area contributed by atoms with Gasteiger partial charge in [0.25, 0.3) is 0 Å². The van der Waals surface area contributed by atoms with Crippen LogP contribution < -0.4 is 0 Å². The Labute approximate surface area is 66.7 Å². The van der Waals surface area contributed by atoms with Crippen LogP contribution in [0.3, 0.4) is 0 Å². The number of hydrogen-bond acceptors (Lipinski definition) is 1. The van der Waals surface area contributed by atoms with E-state index < -0.39 is 0 Å². The van der Waals surface area contributed by atoms with Crippen LogP contribution in [0.4, 0.5) is 0 Å². The summed E-state index contributed by atoms with van der Waals surface area (Å²) in [5, 5.41) is 0. The lowest BCUT2D eigenvalue weighted by molar-refractivity contribution is 0.519. The number of furan rings is 1. The zero-order valence-electron chi connectivity index (χ0n) is 6.98. The minimum absolute atomic E-state index is 1.07. The van der Waals surface area contributed by atoms with Crippen LogP contribution in [0.2, 0.25) is 0 Å². The molecule has 11 heavy (non-hydrogen) atoms. The fourth-order valence-electron chi connectivity index (χ4n) is 1.56. The first-order valence-corrected chi connectivity index (χ1v) is 4.04. The summed E-state index contributed by atoms with van der Waals surface area (Å²) in [5.41, 5.74) is 2.74. The molecule has 1 heteroatoms. The van der Waals surface area contributed by atoms with Crippen molar-refractivity contribution in [1.29, 1.82) is 0 Å². The Hall–Kier alpha value is -0.980. The summed E-state index contributed by atoms with van der Waals surface area (Å²) >= 11 is 0. The number of fused-ring (bicyclic) bond motifs is 1. The highest BCUT2D eigenvalue weighted by molar-refractivity contribution is 5.54.